The predicted molar refractivity (Wildman–Crippen MR) is 78.4 cm³/mol. The molecule has 1 aromatic carbocycles. The number of nitrogens with one attached hydrogen (secondary N) is 1. The molecule has 1 N–H and O–H groups in total. The van der Waals surface area contributed by atoms with Crippen LogP contribution in [0, 0.1) is 0 Å². The number of nitrogens with zero attached hydrogens (tertiary/aromatic N) is 2. The lowest BCUT2D eigenvalue weighted by Crippen LogP contribution is -2.40. The maximum absolute atomic E-state index is 12.3. The van der Waals surface area contributed by atoms with Crippen LogP contribution in [0.2, 0.25) is 0 Å². The van der Waals surface area contributed by atoms with E-state index in [1.54, 1.807) is 0 Å². The number of carbonyl (C=O) groups excluding carboxylic acids is 1. The Morgan fingerprint density at radius 3 is 2.68 bits per heavy atom. The van der Waals surface area contributed by atoms with Crippen molar-refractivity contribution in [3.63, 3.8) is 0 Å². The van der Waals surface area contributed by atoms with Gasteiger partial charge in [0.25, 0.3) is 0 Å². The minimum absolute atomic E-state index is 0.0956. The van der Waals surface area contributed by atoms with Crippen molar-refractivity contribution >= 4 is 11.6 Å². The molecule has 1 amide bonds. The molecular weight excluding hydrogens is 238 g/mol. The molecule has 19 heavy (non-hydrogen) atoms. The Kier molecular flexibility index (Phi) is 4.43. The van der Waals surface area contributed by atoms with Crippen molar-refractivity contribution in [2.45, 2.75) is 18.9 Å². The van der Waals surface area contributed by atoms with E-state index in [1.165, 1.54) is 5.56 Å². The van der Waals surface area contributed by atoms with Crippen molar-refractivity contribution in [3.05, 3.63) is 29.8 Å². The second-order valence-electron chi connectivity index (χ2n) is 5.47. The molecule has 1 aliphatic rings. The Morgan fingerprint density at radius 2 is 2.00 bits per heavy atom. The van der Waals surface area contributed by atoms with Crippen LogP contribution in [0.15, 0.2) is 24.3 Å². The van der Waals surface area contributed by atoms with Crippen molar-refractivity contribution in [2.75, 3.05) is 39.5 Å². The molecule has 0 unspecified atom stereocenters. The maximum Gasteiger partial charge on any atom is 0.245 e. The Morgan fingerprint density at radius 1 is 1.26 bits per heavy atom. The first-order valence-electron chi connectivity index (χ1n) is 6.82. The van der Waals surface area contributed by atoms with Gasteiger partial charge in [-0.05, 0) is 38.7 Å². The fraction of sp³-hybridized carbons (Fsp3) is 0.533. The van der Waals surface area contributed by atoms with E-state index in [4.69, 9.17) is 0 Å². The smallest absolute Gasteiger partial charge is 0.245 e. The molecule has 0 saturated heterocycles. The number of hydrogen-bond acceptors (Lipinski definition) is 3. The molecule has 1 heterocycles. The summed E-state index contributed by atoms with van der Waals surface area (Å²) in [6.07, 6.45) is 1.81. The van der Waals surface area contributed by atoms with Crippen LogP contribution in [-0.2, 0) is 11.2 Å². The van der Waals surface area contributed by atoms with E-state index < -0.39 is 0 Å². The number of carbonyl (C=O) groups is 1. The van der Waals surface area contributed by atoms with Crippen molar-refractivity contribution in [2.24, 2.45) is 0 Å². The zero-order valence-electron chi connectivity index (χ0n) is 12.0. The summed E-state index contributed by atoms with van der Waals surface area (Å²) in [6.45, 7) is 1.82. The second-order valence-corrected chi connectivity index (χ2v) is 5.47. The zero-order valence-corrected chi connectivity index (χ0v) is 12.0. The van der Waals surface area contributed by atoms with Crippen molar-refractivity contribution < 1.29 is 4.79 Å². The highest BCUT2D eigenvalue weighted by molar-refractivity contribution is 5.87. The first-order chi connectivity index (χ1) is 9.08. The minimum Gasteiger partial charge on any atom is -0.373 e. The summed E-state index contributed by atoms with van der Waals surface area (Å²) in [5, 5.41) is 3.31. The summed E-state index contributed by atoms with van der Waals surface area (Å²) in [5.41, 5.74) is 2.34. The average Bonchev–Trinajstić information content (AvgIpc) is 2.80. The minimum atomic E-state index is -0.0956. The highest BCUT2D eigenvalue weighted by Crippen LogP contribution is 2.25. The summed E-state index contributed by atoms with van der Waals surface area (Å²) in [5.74, 6) is 0.190. The molecule has 0 aliphatic carbocycles. The molecule has 104 valence electrons. The van der Waals surface area contributed by atoms with Gasteiger partial charge in [0, 0.05) is 25.7 Å². The number of amides is 1. The van der Waals surface area contributed by atoms with Crippen LogP contribution in [0.3, 0.4) is 0 Å². The maximum atomic E-state index is 12.3. The van der Waals surface area contributed by atoms with Gasteiger partial charge in [0.1, 0.15) is 6.04 Å². The van der Waals surface area contributed by atoms with Crippen LogP contribution in [0.1, 0.15) is 12.0 Å². The highest BCUT2D eigenvalue weighted by atomic mass is 16.2. The van der Waals surface area contributed by atoms with Crippen LogP contribution in [-0.4, -0.2) is 56.0 Å². The Balaban J connectivity index is 1.85. The van der Waals surface area contributed by atoms with Gasteiger partial charge in [-0.25, -0.2) is 0 Å². The van der Waals surface area contributed by atoms with E-state index in [9.17, 15) is 4.79 Å². The summed E-state index contributed by atoms with van der Waals surface area (Å²) in [4.78, 5) is 16.3. The molecule has 4 heteroatoms. The molecule has 2 rings (SSSR count). The zero-order chi connectivity index (χ0) is 13.8. The topological polar surface area (TPSA) is 35.6 Å². The third-order valence-corrected chi connectivity index (χ3v) is 3.54. The van der Waals surface area contributed by atoms with Gasteiger partial charge in [-0.2, -0.15) is 0 Å². The first kappa shape index (κ1) is 13.9. The molecule has 1 aromatic rings. The van der Waals surface area contributed by atoms with E-state index in [-0.39, 0.29) is 11.9 Å². The molecule has 4 nitrogen and oxygen atoms in total. The van der Waals surface area contributed by atoms with Gasteiger partial charge in [-0.15, -0.1) is 0 Å². The molecular formula is C15H23N3O. The van der Waals surface area contributed by atoms with Gasteiger partial charge in [0.2, 0.25) is 5.91 Å². The van der Waals surface area contributed by atoms with Gasteiger partial charge in [0.05, 0.1) is 0 Å². The van der Waals surface area contributed by atoms with Crippen molar-refractivity contribution in [3.8, 4) is 0 Å². The standard InChI is InChI=1S/C15H23N3O/c1-17(2)9-6-10-18(3)15(19)14-11-12-7-4-5-8-13(12)16-14/h4-5,7-8,14,16H,6,9-11H2,1-3H3/t14-/m0/s1. The number of para-hydroxylation sites is 1. The number of rotatable bonds is 5. The quantitative estimate of drug-likeness (QED) is 0.871. The molecule has 1 atom stereocenters. The Bertz CT molecular complexity index is 420. The lowest BCUT2D eigenvalue weighted by molar-refractivity contribution is -0.130. The fourth-order valence-electron chi connectivity index (χ4n) is 2.45. The molecule has 0 spiro atoms. The van der Waals surface area contributed by atoms with Crippen LogP contribution >= 0.6 is 0 Å². The number of hydrogen-bond donors (Lipinski definition) is 1. The van der Waals surface area contributed by atoms with Gasteiger partial charge in [-0.1, -0.05) is 18.2 Å². The number of benzene rings is 1. The summed E-state index contributed by atoms with van der Waals surface area (Å²) in [6, 6.07) is 8.05. The lowest BCUT2D eigenvalue weighted by atomic mass is 10.1. The normalized spacial score (nSPS) is 17.2. The summed E-state index contributed by atoms with van der Waals surface area (Å²) < 4.78 is 0. The van der Waals surface area contributed by atoms with Crippen LogP contribution < -0.4 is 5.32 Å². The SMILES string of the molecule is CN(C)CCCN(C)C(=O)[C@@H]1Cc2ccccc2N1. The lowest BCUT2D eigenvalue weighted by Gasteiger charge is -2.22. The Hall–Kier alpha value is -1.55. The summed E-state index contributed by atoms with van der Waals surface area (Å²) in [7, 11) is 6.00. The molecule has 0 bridgehead atoms. The third kappa shape index (κ3) is 3.47. The number of likely N-dealkylation sites (N-methyl/N-ethyl adjacent to an activating group) is 1. The molecule has 0 saturated carbocycles. The largest absolute Gasteiger partial charge is 0.373 e. The highest BCUT2D eigenvalue weighted by Gasteiger charge is 2.28. The van der Waals surface area contributed by atoms with Crippen LogP contribution in [0.25, 0.3) is 0 Å². The summed E-state index contributed by atoms with van der Waals surface area (Å²) >= 11 is 0. The van der Waals surface area contributed by atoms with Crippen molar-refractivity contribution in [1.29, 1.82) is 0 Å². The van der Waals surface area contributed by atoms with Gasteiger partial charge < -0.3 is 15.1 Å². The average molecular weight is 261 g/mol. The van der Waals surface area contributed by atoms with Crippen molar-refractivity contribution in [1.82, 2.24) is 9.80 Å². The molecule has 0 aromatic heterocycles. The van der Waals surface area contributed by atoms with E-state index in [0.29, 0.717) is 0 Å². The predicted octanol–water partition coefficient (Wildman–Crippen LogP) is 1.43. The van der Waals surface area contributed by atoms with Gasteiger partial charge in [-0.3, -0.25) is 4.79 Å². The fourth-order valence-corrected chi connectivity index (χ4v) is 2.45. The monoisotopic (exact) mass is 261 g/mol. The molecule has 1 aliphatic heterocycles. The van der Waals surface area contributed by atoms with E-state index in [2.05, 4.69) is 30.4 Å². The van der Waals surface area contributed by atoms with Crippen LogP contribution in [0.4, 0.5) is 5.69 Å². The second kappa shape index (κ2) is 6.06. The van der Waals surface area contributed by atoms with Gasteiger partial charge in [0.15, 0.2) is 0 Å². The molecule has 0 radical (unpaired) electrons. The molecule has 0 fully saturated rings. The number of anilines is 1. The van der Waals surface area contributed by atoms with Gasteiger partial charge >= 0.3 is 0 Å². The van der Waals surface area contributed by atoms with Crippen LogP contribution in [0.5, 0.6) is 0 Å². The van der Waals surface area contributed by atoms with E-state index in [1.807, 2.05) is 30.1 Å². The third-order valence-electron chi connectivity index (χ3n) is 3.54. The van der Waals surface area contributed by atoms with E-state index >= 15 is 0 Å². The Labute approximate surface area is 115 Å². The van der Waals surface area contributed by atoms with E-state index in [0.717, 1.165) is 31.6 Å². The number of fused-ring (bicyclic) bond motifs is 1. The first-order valence-corrected chi connectivity index (χ1v) is 6.82.